The Hall–Kier alpha value is -1.88. The van der Waals surface area contributed by atoms with Crippen molar-refractivity contribution in [3.63, 3.8) is 0 Å². The van der Waals surface area contributed by atoms with Crippen LogP contribution < -0.4 is 5.73 Å². The summed E-state index contributed by atoms with van der Waals surface area (Å²) in [7, 11) is 0. The third-order valence-electron chi connectivity index (χ3n) is 3.12. The number of halogens is 3. The van der Waals surface area contributed by atoms with Crippen molar-refractivity contribution in [1.82, 2.24) is 4.98 Å². The first kappa shape index (κ1) is 14.5. The Labute approximate surface area is 115 Å². The number of nitrogens with two attached hydrogens (primary N) is 1. The van der Waals surface area contributed by atoms with Gasteiger partial charge in [0, 0.05) is 6.20 Å². The predicted molar refractivity (Wildman–Crippen MR) is 71.2 cm³/mol. The van der Waals surface area contributed by atoms with Crippen molar-refractivity contribution < 1.29 is 13.2 Å². The van der Waals surface area contributed by atoms with Crippen LogP contribution in [0.3, 0.4) is 0 Å². The molecule has 1 aromatic heterocycles. The summed E-state index contributed by atoms with van der Waals surface area (Å²) in [5.74, 6) is 0. The predicted octanol–water partition coefficient (Wildman–Crippen LogP) is 3.77. The average Bonchev–Trinajstić information content (AvgIpc) is 2.37. The molecule has 2 nitrogen and oxygen atoms in total. The molecule has 0 amide bonds. The van der Waals surface area contributed by atoms with Gasteiger partial charge in [0.25, 0.3) is 0 Å². The summed E-state index contributed by atoms with van der Waals surface area (Å²) in [5, 5.41) is 0. The highest BCUT2D eigenvalue weighted by Crippen LogP contribution is 2.31. The highest BCUT2D eigenvalue weighted by Gasteiger charge is 2.31. The molecule has 2 rings (SSSR count). The zero-order valence-corrected chi connectivity index (χ0v) is 11.2. The number of benzene rings is 1. The van der Waals surface area contributed by atoms with Gasteiger partial charge in [0.15, 0.2) is 0 Å². The lowest BCUT2D eigenvalue weighted by Gasteiger charge is -2.16. The highest BCUT2D eigenvalue weighted by molar-refractivity contribution is 5.36. The summed E-state index contributed by atoms with van der Waals surface area (Å²) in [6.07, 6.45) is -2.71. The van der Waals surface area contributed by atoms with Gasteiger partial charge in [-0.05, 0) is 42.7 Å². The molecule has 1 heterocycles. The van der Waals surface area contributed by atoms with Gasteiger partial charge >= 0.3 is 6.18 Å². The van der Waals surface area contributed by atoms with E-state index in [-0.39, 0.29) is 0 Å². The number of aromatic nitrogens is 1. The van der Waals surface area contributed by atoms with Crippen LogP contribution in [-0.4, -0.2) is 4.98 Å². The van der Waals surface area contributed by atoms with Gasteiger partial charge < -0.3 is 5.73 Å². The van der Waals surface area contributed by atoms with Crippen LogP contribution in [0.15, 0.2) is 36.5 Å². The van der Waals surface area contributed by atoms with E-state index in [1.165, 1.54) is 6.07 Å². The fourth-order valence-electron chi connectivity index (χ4n) is 2.12. The van der Waals surface area contributed by atoms with Gasteiger partial charge in [-0.15, -0.1) is 0 Å². The zero-order chi connectivity index (χ0) is 14.9. The van der Waals surface area contributed by atoms with Crippen molar-refractivity contribution in [3.05, 3.63) is 64.5 Å². The summed E-state index contributed by atoms with van der Waals surface area (Å²) < 4.78 is 38.1. The van der Waals surface area contributed by atoms with Crippen molar-refractivity contribution in [2.45, 2.75) is 26.1 Å². The average molecular weight is 280 g/mol. The molecule has 0 bridgehead atoms. The fraction of sp³-hybridized carbons (Fsp3) is 0.267. The quantitative estimate of drug-likeness (QED) is 0.909. The molecule has 5 heteroatoms. The molecule has 0 spiro atoms. The Morgan fingerprint density at radius 2 is 1.85 bits per heavy atom. The highest BCUT2D eigenvalue weighted by atomic mass is 19.4. The van der Waals surface area contributed by atoms with Gasteiger partial charge in [0.1, 0.15) is 0 Å². The minimum absolute atomic E-state index is 0.402. The van der Waals surface area contributed by atoms with E-state index in [1.54, 1.807) is 12.3 Å². The number of alkyl halides is 3. The van der Waals surface area contributed by atoms with Crippen LogP contribution in [0.4, 0.5) is 13.2 Å². The number of hydrogen-bond acceptors (Lipinski definition) is 2. The fourth-order valence-corrected chi connectivity index (χ4v) is 2.12. The molecule has 1 unspecified atom stereocenters. The van der Waals surface area contributed by atoms with E-state index in [0.717, 1.165) is 23.3 Å². The Morgan fingerprint density at radius 1 is 1.15 bits per heavy atom. The molecule has 0 radical (unpaired) electrons. The second-order valence-corrected chi connectivity index (χ2v) is 4.82. The van der Waals surface area contributed by atoms with Crippen LogP contribution in [0.2, 0.25) is 0 Å². The Kier molecular flexibility index (Phi) is 3.81. The standard InChI is InChI=1S/C15H15F3N2/c1-9-6-10(2)14(20-8-9)13(19)11-4-3-5-12(7-11)15(16,17)18/h3-8,13H,19H2,1-2H3. The first-order valence-corrected chi connectivity index (χ1v) is 6.15. The van der Waals surface area contributed by atoms with Gasteiger partial charge in [-0.1, -0.05) is 18.2 Å². The van der Waals surface area contributed by atoms with Crippen molar-refractivity contribution in [1.29, 1.82) is 0 Å². The summed E-state index contributed by atoms with van der Waals surface area (Å²) in [5.41, 5.74) is 8.20. The molecule has 0 aliphatic carbocycles. The Morgan fingerprint density at radius 3 is 2.45 bits per heavy atom. The van der Waals surface area contributed by atoms with Crippen molar-refractivity contribution in [2.24, 2.45) is 5.73 Å². The van der Waals surface area contributed by atoms with E-state index < -0.39 is 17.8 Å². The lowest BCUT2D eigenvalue weighted by molar-refractivity contribution is -0.137. The molecule has 0 aliphatic rings. The lowest BCUT2D eigenvalue weighted by atomic mass is 9.98. The van der Waals surface area contributed by atoms with Crippen LogP contribution in [-0.2, 0) is 6.18 Å². The summed E-state index contributed by atoms with van der Waals surface area (Å²) in [6, 6.07) is 6.30. The summed E-state index contributed by atoms with van der Waals surface area (Å²) in [6.45, 7) is 3.75. The number of hydrogen-bond donors (Lipinski definition) is 1. The smallest absolute Gasteiger partial charge is 0.319 e. The molecule has 0 saturated heterocycles. The molecule has 2 N–H and O–H groups in total. The summed E-state index contributed by atoms with van der Waals surface area (Å²) >= 11 is 0. The van der Waals surface area contributed by atoms with E-state index in [0.29, 0.717) is 11.3 Å². The van der Waals surface area contributed by atoms with E-state index in [1.807, 2.05) is 19.9 Å². The normalized spacial score (nSPS) is 13.3. The second kappa shape index (κ2) is 5.25. The van der Waals surface area contributed by atoms with E-state index in [9.17, 15) is 13.2 Å². The minimum atomic E-state index is -4.37. The van der Waals surface area contributed by atoms with Crippen LogP contribution in [0.1, 0.15) is 34.0 Å². The molecule has 1 aromatic carbocycles. The molecule has 0 fully saturated rings. The Balaban J connectivity index is 2.41. The van der Waals surface area contributed by atoms with Crippen molar-refractivity contribution in [2.75, 3.05) is 0 Å². The minimum Gasteiger partial charge on any atom is -0.319 e. The van der Waals surface area contributed by atoms with Crippen LogP contribution in [0.5, 0.6) is 0 Å². The molecular weight excluding hydrogens is 265 g/mol. The van der Waals surface area contributed by atoms with Gasteiger partial charge in [-0.25, -0.2) is 0 Å². The lowest BCUT2D eigenvalue weighted by Crippen LogP contribution is -2.16. The first-order valence-electron chi connectivity index (χ1n) is 6.15. The maximum Gasteiger partial charge on any atom is 0.416 e. The van der Waals surface area contributed by atoms with Crippen molar-refractivity contribution in [3.8, 4) is 0 Å². The monoisotopic (exact) mass is 280 g/mol. The third-order valence-corrected chi connectivity index (χ3v) is 3.12. The molecule has 0 aliphatic heterocycles. The number of aryl methyl sites for hydroxylation is 2. The zero-order valence-electron chi connectivity index (χ0n) is 11.2. The largest absolute Gasteiger partial charge is 0.416 e. The van der Waals surface area contributed by atoms with E-state index in [2.05, 4.69) is 4.98 Å². The maximum atomic E-state index is 12.7. The van der Waals surface area contributed by atoms with E-state index >= 15 is 0 Å². The topological polar surface area (TPSA) is 38.9 Å². The van der Waals surface area contributed by atoms with Crippen LogP contribution in [0.25, 0.3) is 0 Å². The van der Waals surface area contributed by atoms with Gasteiger partial charge in [-0.3, -0.25) is 4.98 Å². The molecule has 20 heavy (non-hydrogen) atoms. The Bertz CT molecular complexity index is 621. The number of pyridine rings is 1. The molecule has 106 valence electrons. The summed E-state index contributed by atoms with van der Waals surface area (Å²) in [4.78, 5) is 4.24. The van der Waals surface area contributed by atoms with E-state index in [4.69, 9.17) is 5.73 Å². The van der Waals surface area contributed by atoms with Gasteiger partial charge in [-0.2, -0.15) is 13.2 Å². The molecular formula is C15H15F3N2. The molecule has 1 atom stereocenters. The second-order valence-electron chi connectivity index (χ2n) is 4.82. The van der Waals surface area contributed by atoms with Gasteiger partial charge in [0.05, 0.1) is 17.3 Å². The number of nitrogens with zero attached hydrogens (tertiary/aromatic N) is 1. The molecule has 0 saturated carbocycles. The maximum absolute atomic E-state index is 12.7. The van der Waals surface area contributed by atoms with Crippen molar-refractivity contribution >= 4 is 0 Å². The van der Waals surface area contributed by atoms with Crippen LogP contribution in [0, 0.1) is 13.8 Å². The van der Waals surface area contributed by atoms with Gasteiger partial charge in [0.2, 0.25) is 0 Å². The molecule has 2 aromatic rings. The first-order chi connectivity index (χ1) is 9.29. The number of rotatable bonds is 2. The third kappa shape index (κ3) is 2.99. The SMILES string of the molecule is Cc1cnc(C(N)c2cccc(C(F)(F)F)c2)c(C)c1. The van der Waals surface area contributed by atoms with Crippen LogP contribution >= 0.6 is 0 Å².